The van der Waals surface area contributed by atoms with Crippen LogP contribution in [0.1, 0.15) is 50.5 Å². The van der Waals surface area contributed by atoms with Gasteiger partial charge in [0.2, 0.25) is 5.91 Å². The molecule has 2 aliphatic heterocycles. The molecule has 1 unspecified atom stereocenters. The Hall–Kier alpha value is -2.77. The van der Waals surface area contributed by atoms with Crippen molar-refractivity contribution in [3.63, 3.8) is 0 Å². The van der Waals surface area contributed by atoms with E-state index < -0.39 is 5.60 Å². The average Bonchev–Trinajstić information content (AvgIpc) is 3.10. The second-order valence-electron chi connectivity index (χ2n) is 10.0. The van der Waals surface area contributed by atoms with Gasteiger partial charge in [0.1, 0.15) is 18.0 Å². The number of benzene rings is 2. The van der Waals surface area contributed by atoms with Crippen molar-refractivity contribution in [2.24, 2.45) is 0 Å². The fraction of sp³-hybridized carbons (Fsp3) is 0.552. The monoisotopic (exact) mass is 496 g/mol. The Bertz CT molecular complexity index is 969. The maximum atomic E-state index is 12.2. The van der Waals surface area contributed by atoms with E-state index in [1.54, 1.807) is 7.11 Å². The molecule has 7 nitrogen and oxygen atoms in total. The molecular formula is C29H40N2O5. The number of likely N-dealkylation sites (tertiary alicyclic amines) is 2. The van der Waals surface area contributed by atoms with Crippen LogP contribution in [0.4, 0.5) is 0 Å². The van der Waals surface area contributed by atoms with Crippen LogP contribution in [0, 0.1) is 0 Å². The highest BCUT2D eigenvalue weighted by Gasteiger charge is 2.34. The van der Waals surface area contributed by atoms with Crippen molar-refractivity contribution in [1.29, 1.82) is 0 Å². The third-order valence-corrected chi connectivity index (χ3v) is 7.02. The van der Waals surface area contributed by atoms with Crippen LogP contribution in [0.3, 0.4) is 0 Å². The largest absolute Gasteiger partial charge is 0.493 e. The molecule has 4 rings (SSSR count). The molecule has 2 fully saturated rings. The molecule has 2 aromatic carbocycles. The lowest BCUT2D eigenvalue weighted by atomic mass is 9.93. The van der Waals surface area contributed by atoms with E-state index in [0.29, 0.717) is 25.3 Å². The summed E-state index contributed by atoms with van der Waals surface area (Å²) in [7, 11) is 1.65. The number of para-hydroxylation sites is 1. The highest BCUT2D eigenvalue weighted by molar-refractivity contribution is 5.76. The Balaban J connectivity index is 1.29. The van der Waals surface area contributed by atoms with E-state index in [1.165, 1.54) is 0 Å². The first-order valence-electron chi connectivity index (χ1n) is 13.2. The molecule has 0 spiro atoms. The van der Waals surface area contributed by atoms with Crippen LogP contribution in [-0.4, -0.2) is 72.9 Å². The number of hydrogen-bond acceptors (Lipinski definition) is 6. The number of rotatable bonds is 11. The second kappa shape index (κ2) is 13.0. The molecule has 1 amide bonds. The van der Waals surface area contributed by atoms with E-state index in [-0.39, 0.29) is 12.5 Å². The highest BCUT2D eigenvalue weighted by Crippen LogP contribution is 2.30. The highest BCUT2D eigenvalue weighted by atomic mass is 16.5. The lowest BCUT2D eigenvalue weighted by Crippen LogP contribution is -2.51. The lowest BCUT2D eigenvalue weighted by molar-refractivity contribution is -0.130. The van der Waals surface area contributed by atoms with Crippen molar-refractivity contribution in [3.05, 3.63) is 54.1 Å². The molecule has 0 bridgehead atoms. The van der Waals surface area contributed by atoms with Crippen LogP contribution in [0.5, 0.6) is 17.2 Å². The first-order valence-corrected chi connectivity index (χ1v) is 13.2. The van der Waals surface area contributed by atoms with Crippen LogP contribution in [0.2, 0.25) is 0 Å². The molecule has 2 saturated heterocycles. The summed E-state index contributed by atoms with van der Waals surface area (Å²) in [5.74, 6) is 2.47. The zero-order valence-electron chi connectivity index (χ0n) is 21.5. The number of carbonyl (C=O) groups is 1. The topological polar surface area (TPSA) is 71.5 Å². The molecular weight excluding hydrogens is 456 g/mol. The number of aliphatic hydroxyl groups is 1. The van der Waals surface area contributed by atoms with Gasteiger partial charge in [-0.2, -0.15) is 0 Å². The smallest absolute Gasteiger partial charge is 0.222 e. The lowest BCUT2D eigenvalue weighted by Gasteiger charge is -2.39. The number of methoxy groups -OCH3 is 1. The van der Waals surface area contributed by atoms with Crippen LogP contribution < -0.4 is 14.2 Å². The van der Waals surface area contributed by atoms with E-state index in [2.05, 4.69) is 11.0 Å². The fourth-order valence-corrected chi connectivity index (χ4v) is 5.10. The van der Waals surface area contributed by atoms with Crippen LogP contribution in [-0.2, 0) is 11.3 Å². The predicted octanol–water partition coefficient (Wildman–Crippen LogP) is 4.27. The minimum atomic E-state index is -0.870. The predicted molar refractivity (Wildman–Crippen MR) is 140 cm³/mol. The summed E-state index contributed by atoms with van der Waals surface area (Å²) in [5.41, 5.74) is 0.242. The van der Waals surface area contributed by atoms with Crippen molar-refractivity contribution >= 4 is 5.91 Å². The summed E-state index contributed by atoms with van der Waals surface area (Å²) in [6.07, 6.45) is 6.34. The molecule has 36 heavy (non-hydrogen) atoms. The fourth-order valence-electron chi connectivity index (χ4n) is 5.10. The third-order valence-electron chi connectivity index (χ3n) is 7.02. The zero-order valence-corrected chi connectivity index (χ0v) is 21.5. The van der Waals surface area contributed by atoms with Gasteiger partial charge in [0.05, 0.1) is 13.7 Å². The number of amides is 1. The maximum absolute atomic E-state index is 12.2. The summed E-state index contributed by atoms with van der Waals surface area (Å²) in [4.78, 5) is 16.5. The van der Waals surface area contributed by atoms with Gasteiger partial charge in [0.15, 0.2) is 11.5 Å². The first kappa shape index (κ1) is 26.3. The SMILES string of the molecule is COc1ccc(CN2CCCC(O)(COc3ccccc3)C2)cc1OCCCN1CCCCCC1=O. The molecule has 0 aliphatic carbocycles. The minimum Gasteiger partial charge on any atom is -0.493 e. The van der Waals surface area contributed by atoms with E-state index in [1.807, 2.05) is 47.4 Å². The molecule has 7 heteroatoms. The number of ether oxygens (including phenoxy) is 3. The van der Waals surface area contributed by atoms with Crippen LogP contribution >= 0.6 is 0 Å². The molecule has 196 valence electrons. The number of hydrogen-bond donors (Lipinski definition) is 1. The Morgan fingerprint density at radius 2 is 1.83 bits per heavy atom. The van der Waals surface area contributed by atoms with E-state index in [0.717, 1.165) is 81.8 Å². The van der Waals surface area contributed by atoms with Crippen molar-refractivity contribution in [2.45, 2.75) is 57.1 Å². The maximum Gasteiger partial charge on any atom is 0.222 e. The van der Waals surface area contributed by atoms with Gasteiger partial charge < -0.3 is 24.2 Å². The summed E-state index contributed by atoms with van der Waals surface area (Å²) in [5, 5.41) is 11.2. The van der Waals surface area contributed by atoms with E-state index in [9.17, 15) is 9.90 Å². The number of β-amino-alcohol motifs (C(OH)–C–C–N with tert-alkyl or cyclic N) is 1. The number of nitrogens with zero attached hydrogens (tertiary/aromatic N) is 2. The summed E-state index contributed by atoms with van der Waals surface area (Å²) < 4.78 is 17.5. The third kappa shape index (κ3) is 7.61. The summed E-state index contributed by atoms with van der Waals surface area (Å²) in [6.45, 7) is 4.62. The van der Waals surface area contributed by atoms with E-state index in [4.69, 9.17) is 14.2 Å². The van der Waals surface area contributed by atoms with Crippen LogP contribution in [0.15, 0.2) is 48.5 Å². The molecule has 2 aromatic rings. The Kier molecular flexibility index (Phi) is 9.47. The number of piperidine rings is 1. The van der Waals surface area contributed by atoms with E-state index >= 15 is 0 Å². The molecule has 0 aromatic heterocycles. The van der Waals surface area contributed by atoms with Gasteiger partial charge in [-0.25, -0.2) is 0 Å². The molecule has 1 atom stereocenters. The zero-order chi connectivity index (χ0) is 25.2. The summed E-state index contributed by atoms with van der Waals surface area (Å²) in [6, 6.07) is 15.7. The normalized spacial score (nSPS) is 21.2. The quantitative estimate of drug-likeness (QED) is 0.469. The molecule has 0 saturated carbocycles. The molecule has 1 N–H and O–H groups in total. The standard InChI is InChI=1S/C29H40N2O5/c1-34-26-14-13-24(20-27(26)35-19-9-18-31-17-7-3-6-12-28(31)32)21-30-16-8-15-29(33,22-30)23-36-25-10-4-2-5-11-25/h2,4-5,10-11,13-14,20,33H,3,6-9,12,15-19,21-23H2,1H3. The van der Waals surface area contributed by atoms with Gasteiger partial charge in [-0.1, -0.05) is 30.7 Å². The first-order chi connectivity index (χ1) is 17.5. The van der Waals surface area contributed by atoms with Gasteiger partial charge in [0.25, 0.3) is 0 Å². The van der Waals surface area contributed by atoms with Gasteiger partial charge in [-0.3, -0.25) is 9.69 Å². The molecule has 2 heterocycles. The van der Waals surface area contributed by atoms with Crippen molar-refractivity contribution in [3.8, 4) is 17.2 Å². The molecule has 2 aliphatic rings. The van der Waals surface area contributed by atoms with Gasteiger partial charge in [-0.15, -0.1) is 0 Å². The van der Waals surface area contributed by atoms with Crippen LogP contribution in [0.25, 0.3) is 0 Å². The minimum absolute atomic E-state index is 0.266. The Morgan fingerprint density at radius 1 is 0.972 bits per heavy atom. The van der Waals surface area contributed by atoms with Gasteiger partial charge in [0, 0.05) is 32.6 Å². The summed E-state index contributed by atoms with van der Waals surface area (Å²) >= 11 is 0. The Morgan fingerprint density at radius 3 is 2.67 bits per heavy atom. The average molecular weight is 497 g/mol. The Labute approximate surface area is 214 Å². The van der Waals surface area contributed by atoms with Crippen molar-refractivity contribution in [1.82, 2.24) is 9.80 Å². The van der Waals surface area contributed by atoms with Gasteiger partial charge >= 0.3 is 0 Å². The number of carbonyl (C=O) groups excluding carboxylic acids is 1. The van der Waals surface area contributed by atoms with Crippen molar-refractivity contribution in [2.75, 3.05) is 46.5 Å². The van der Waals surface area contributed by atoms with Crippen molar-refractivity contribution < 1.29 is 24.1 Å². The second-order valence-corrected chi connectivity index (χ2v) is 10.0. The van der Waals surface area contributed by atoms with Gasteiger partial charge in [-0.05, 0) is 68.5 Å². The molecule has 0 radical (unpaired) electrons.